The zero-order valence-corrected chi connectivity index (χ0v) is 15.5. The Balaban J connectivity index is 1.71. The molecule has 4 aromatic rings. The summed E-state index contributed by atoms with van der Waals surface area (Å²) in [6, 6.07) is 14.2. The van der Waals surface area contributed by atoms with E-state index in [0.717, 1.165) is 27.9 Å². The third kappa shape index (κ3) is 2.43. The van der Waals surface area contributed by atoms with Gasteiger partial charge in [-0.05, 0) is 36.8 Å². The minimum absolute atomic E-state index is 0.0956. The molecular weight excluding hydrogens is 357 g/mol. The molecular formula is C21H18FN5O. The van der Waals surface area contributed by atoms with E-state index in [1.54, 1.807) is 16.8 Å². The Bertz CT molecular complexity index is 1220. The van der Waals surface area contributed by atoms with Crippen LogP contribution in [-0.2, 0) is 11.8 Å². The largest absolute Gasteiger partial charge is 0.311 e. The van der Waals surface area contributed by atoms with Crippen molar-refractivity contribution in [2.24, 2.45) is 7.05 Å². The number of nitrogens with zero attached hydrogens (tertiary/aromatic N) is 4. The summed E-state index contributed by atoms with van der Waals surface area (Å²) in [4.78, 5) is 17.2. The Labute approximate surface area is 160 Å². The number of imidazole rings is 1. The van der Waals surface area contributed by atoms with Gasteiger partial charge in [0.25, 0.3) is 0 Å². The Morgan fingerprint density at radius 2 is 1.89 bits per heavy atom. The molecule has 6 nitrogen and oxygen atoms in total. The molecule has 0 saturated carbocycles. The van der Waals surface area contributed by atoms with E-state index in [-0.39, 0.29) is 17.6 Å². The van der Waals surface area contributed by atoms with Crippen molar-refractivity contribution in [3.05, 3.63) is 71.2 Å². The van der Waals surface area contributed by atoms with Crippen molar-refractivity contribution in [2.75, 3.05) is 5.32 Å². The average molecular weight is 375 g/mol. The topological polar surface area (TPSA) is 64.7 Å². The van der Waals surface area contributed by atoms with Crippen molar-refractivity contribution in [3.63, 3.8) is 0 Å². The second kappa shape index (κ2) is 6.02. The number of halogens is 1. The Morgan fingerprint density at radius 3 is 2.64 bits per heavy atom. The molecule has 140 valence electrons. The number of rotatable bonds is 2. The van der Waals surface area contributed by atoms with E-state index in [1.165, 1.54) is 12.1 Å². The van der Waals surface area contributed by atoms with Crippen molar-refractivity contribution in [1.82, 2.24) is 19.3 Å². The molecule has 28 heavy (non-hydrogen) atoms. The van der Waals surface area contributed by atoms with Crippen LogP contribution in [0.1, 0.15) is 29.2 Å². The maximum absolute atomic E-state index is 13.4. The summed E-state index contributed by atoms with van der Waals surface area (Å²) in [7, 11) is 1.93. The molecule has 1 N–H and O–H groups in total. The molecule has 3 heterocycles. The van der Waals surface area contributed by atoms with E-state index in [1.807, 2.05) is 42.8 Å². The van der Waals surface area contributed by atoms with Gasteiger partial charge < -0.3 is 9.88 Å². The van der Waals surface area contributed by atoms with E-state index >= 15 is 0 Å². The van der Waals surface area contributed by atoms with Crippen molar-refractivity contribution >= 4 is 22.8 Å². The summed E-state index contributed by atoms with van der Waals surface area (Å²) < 4.78 is 17.0. The highest BCUT2D eigenvalue weighted by atomic mass is 19.1. The lowest BCUT2D eigenvalue weighted by Crippen LogP contribution is -2.25. The molecule has 0 aliphatic carbocycles. The van der Waals surface area contributed by atoms with Gasteiger partial charge in [0, 0.05) is 24.9 Å². The highest BCUT2D eigenvalue weighted by molar-refractivity contribution is 5.95. The first-order valence-electron chi connectivity index (χ1n) is 9.09. The molecule has 0 saturated heterocycles. The first kappa shape index (κ1) is 16.7. The van der Waals surface area contributed by atoms with Gasteiger partial charge >= 0.3 is 0 Å². The third-order valence-corrected chi connectivity index (χ3v) is 5.33. The van der Waals surface area contributed by atoms with Gasteiger partial charge in [0.2, 0.25) is 11.9 Å². The highest BCUT2D eigenvalue weighted by Crippen LogP contribution is 2.40. The van der Waals surface area contributed by atoms with Gasteiger partial charge in [0.15, 0.2) is 0 Å². The number of benzene rings is 2. The van der Waals surface area contributed by atoms with Crippen LogP contribution in [-0.4, -0.2) is 25.2 Å². The normalized spacial score (nSPS) is 16.2. The van der Waals surface area contributed by atoms with Gasteiger partial charge in [-0.3, -0.25) is 4.79 Å². The Kier molecular flexibility index (Phi) is 3.58. The van der Waals surface area contributed by atoms with Gasteiger partial charge in [-0.15, -0.1) is 0 Å². The molecule has 0 unspecified atom stereocenters. The van der Waals surface area contributed by atoms with Crippen molar-refractivity contribution in [2.45, 2.75) is 19.3 Å². The molecule has 0 bridgehead atoms. The molecule has 2 aromatic heterocycles. The third-order valence-electron chi connectivity index (χ3n) is 5.33. The summed E-state index contributed by atoms with van der Waals surface area (Å²) in [5.41, 5.74) is 4.50. The quantitative estimate of drug-likeness (QED) is 0.581. The number of hydrogen-bond acceptors (Lipinski definition) is 3. The number of carbonyl (C=O) groups excluding carboxylic acids is 1. The van der Waals surface area contributed by atoms with Crippen LogP contribution >= 0.6 is 0 Å². The molecule has 2 aromatic carbocycles. The standard InChI is InChI=1S/C21H18FN5O/c1-12-19-15(13-7-9-14(22)10-8-13)11-18(28)24-20(19)27(25-12)21-23-16-5-3-4-6-17(16)26(21)2/h3-10,15H,11H2,1-2H3,(H,24,28)/t15-/m0/s1. The number of fused-ring (bicyclic) bond motifs is 2. The van der Waals surface area contributed by atoms with Crippen LogP contribution in [0.3, 0.4) is 0 Å². The van der Waals surface area contributed by atoms with Crippen molar-refractivity contribution in [1.29, 1.82) is 0 Å². The van der Waals surface area contributed by atoms with Gasteiger partial charge in [-0.1, -0.05) is 24.3 Å². The zero-order chi connectivity index (χ0) is 19.4. The number of hydrogen-bond donors (Lipinski definition) is 1. The summed E-state index contributed by atoms with van der Waals surface area (Å²) in [5, 5.41) is 7.66. The van der Waals surface area contributed by atoms with E-state index in [4.69, 9.17) is 10.1 Å². The Hall–Kier alpha value is -3.48. The summed E-state index contributed by atoms with van der Waals surface area (Å²) >= 11 is 0. The fourth-order valence-corrected chi connectivity index (χ4v) is 3.99. The van der Waals surface area contributed by atoms with Gasteiger partial charge in [0.05, 0.1) is 16.7 Å². The number of amides is 1. The van der Waals surface area contributed by atoms with Crippen LogP contribution in [0, 0.1) is 12.7 Å². The second-order valence-corrected chi connectivity index (χ2v) is 7.08. The minimum Gasteiger partial charge on any atom is -0.311 e. The van der Waals surface area contributed by atoms with Crippen LogP contribution < -0.4 is 5.32 Å². The van der Waals surface area contributed by atoms with Crippen LogP contribution in [0.15, 0.2) is 48.5 Å². The molecule has 1 amide bonds. The van der Waals surface area contributed by atoms with E-state index < -0.39 is 0 Å². The minimum atomic E-state index is -0.295. The fourth-order valence-electron chi connectivity index (χ4n) is 3.99. The van der Waals surface area contributed by atoms with Crippen molar-refractivity contribution in [3.8, 4) is 5.95 Å². The van der Waals surface area contributed by atoms with Crippen LogP contribution in [0.5, 0.6) is 0 Å². The molecule has 1 atom stereocenters. The number of aryl methyl sites for hydroxylation is 2. The lowest BCUT2D eigenvalue weighted by atomic mass is 9.86. The summed E-state index contributed by atoms with van der Waals surface area (Å²) in [5.74, 6) is 0.693. The predicted octanol–water partition coefficient (Wildman–Crippen LogP) is 3.68. The molecule has 5 rings (SSSR count). The lowest BCUT2D eigenvalue weighted by Gasteiger charge is -2.24. The lowest BCUT2D eigenvalue weighted by molar-refractivity contribution is -0.116. The first-order valence-corrected chi connectivity index (χ1v) is 9.09. The molecule has 0 radical (unpaired) electrons. The maximum atomic E-state index is 13.4. The van der Waals surface area contributed by atoms with E-state index in [9.17, 15) is 9.18 Å². The van der Waals surface area contributed by atoms with Gasteiger partial charge in [-0.25, -0.2) is 9.37 Å². The number of anilines is 1. The molecule has 1 aliphatic rings. The van der Waals surface area contributed by atoms with E-state index in [0.29, 0.717) is 18.2 Å². The SMILES string of the molecule is Cc1nn(-c2nc3ccccc3n2C)c2c1[C@H](c1ccc(F)cc1)CC(=O)N2. The van der Waals surface area contributed by atoms with Gasteiger partial charge in [-0.2, -0.15) is 9.78 Å². The smallest absolute Gasteiger partial charge is 0.233 e. The first-order chi connectivity index (χ1) is 13.5. The zero-order valence-electron chi connectivity index (χ0n) is 15.5. The van der Waals surface area contributed by atoms with Crippen LogP contribution in [0.25, 0.3) is 17.0 Å². The molecule has 7 heteroatoms. The molecule has 1 aliphatic heterocycles. The van der Waals surface area contributed by atoms with Crippen molar-refractivity contribution < 1.29 is 9.18 Å². The number of para-hydroxylation sites is 2. The molecule has 0 fully saturated rings. The number of carbonyl (C=O) groups is 1. The van der Waals surface area contributed by atoms with Gasteiger partial charge in [0.1, 0.15) is 11.6 Å². The summed E-state index contributed by atoms with van der Waals surface area (Å²) in [6.07, 6.45) is 0.299. The van der Waals surface area contributed by atoms with E-state index in [2.05, 4.69) is 5.32 Å². The van der Waals surface area contributed by atoms with Crippen LogP contribution in [0.4, 0.5) is 10.2 Å². The number of nitrogens with one attached hydrogen (secondary N) is 1. The average Bonchev–Trinajstić information content (AvgIpc) is 3.19. The maximum Gasteiger partial charge on any atom is 0.233 e. The number of aromatic nitrogens is 4. The monoisotopic (exact) mass is 375 g/mol. The van der Waals surface area contributed by atoms with Crippen LogP contribution in [0.2, 0.25) is 0 Å². The summed E-state index contributed by atoms with van der Waals surface area (Å²) in [6.45, 7) is 1.92. The second-order valence-electron chi connectivity index (χ2n) is 7.08. The predicted molar refractivity (Wildman–Crippen MR) is 104 cm³/mol. The Morgan fingerprint density at radius 1 is 1.14 bits per heavy atom. The molecule has 0 spiro atoms. The fraction of sp³-hybridized carbons (Fsp3) is 0.190. The highest BCUT2D eigenvalue weighted by Gasteiger charge is 2.33.